The van der Waals surface area contributed by atoms with E-state index in [1.165, 1.54) is 0 Å². The minimum atomic E-state index is -0.157. The smallest absolute Gasteiger partial charge is 0.121 e. The molecular formula is C11H18N2O2. The molecule has 0 atom stereocenters. The summed E-state index contributed by atoms with van der Waals surface area (Å²) in [6.45, 7) is 0.938. The number of nitrogens with two attached hydrogens (primary N) is 2. The van der Waals surface area contributed by atoms with Crippen LogP contribution >= 0.6 is 0 Å². The Hall–Kier alpha value is -1.10. The number of hydrogen-bond acceptors (Lipinski definition) is 4. The molecule has 0 aromatic heterocycles. The predicted octanol–water partition coefficient (Wildman–Crippen LogP) is -0.0394. The summed E-state index contributed by atoms with van der Waals surface area (Å²) in [7, 11) is 0. The fourth-order valence-corrected chi connectivity index (χ4v) is 1.49. The first kappa shape index (κ1) is 12.0. The van der Waals surface area contributed by atoms with Crippen molar-refractivity contribution in [3.63, 3.8) is 0 Å². The molecule has 0 bridgehead atoms. The van der Waals surface area contributed by atoms with Crippen LogP contribution in [0.5, 0.6) is 5.75 Å². The van der Waals surface area contributed by atoms with Crippen molar-refractivity contribution >= 4 is 0 Å². The monoisotopic (exact) mass is 210 g/mol. The Balaban J connectivity index is 2.77. The molecule has 0 radical (unpaired) electrons. The van der Waals surface area contributed by atoms with Crippen LogP contribution in [0.1, 0.15) is 11.1 Å². The van der Waals surface area contributed by atoms with E-state index in [0.29, 0.717) is 18.7 Å². The van der Waals surface area contributed by atoms with Gasteiger partial charge >= 0.3 is 0 Å². The van der Waals surface area contributed by atoms with E-state index in [1.54, 1.807) is 12.1 Å². The van der Waals surface area contributed by atoms with Gasteiger partial charge in [-0.3, -0.25) is 0 Å². The van der Waals surface area contributed by atoms with E-state index < -0.39 is 0 Å². The molecule has 15 heavy (non-hydrogen) atoms. The molecule has 1 aromatic carbocycles. The summed E-state index contributed by atoms with van der Waals surface area (Å²) in [6, 6.07) is 5.20. The van der Waals surface area contributed by atoms with Gasteiger partial charge in [-0.1, -0.05) is 6.07 Å². The van der Waals surface area contributed by atoms with E-state index in [2.05, 4.69) is 0 Å². The van der Waals surface area contributed by atoms with Gasteiger partial charge in [-0.2, -0.15) is 0 Å². The molecule has 6 N–H and O–H groups in total. The number of aliphatic hydroxyl groups is 1. The summed E-state index contributed by atoms with van der Waals surface area (Å²) in [4.78, 5) is 0. The summed E-state index contributed by atoms with van der Waals surface area (Å²) in [5.41, 5.74) is 12.7. The highest BCUT2D eigenvalue weighted by Crippen LogP contribution is 2.19. The van der Waals surface area contributed by atoms with Gasteiger partial charge in [0.15, 0.2) is 0 Å². The normalized spacial score (nSPS) is 10.9. The van der Waals surface area contributed by atoms with E-state index in [-0.39, 0.29) is 18.3 Å². The van der Waals surface area contributed by atoms with Crippen LogP contribution in [0.15, 0.2) is 18.2 Å². The highest BCUT2D eigenvalue weighted by atomic mass is 16.3. The van der Waals surface area contributed by atoms with Crippen LogP contribution in [0.25, 0.3) is 0 Å². The van der Waals surface area contributed by atoms with Crippen molar-refractivity contribution in [2.75, 3.05) is 13.1 Å². The lowest BCUT2D eigenvalue weighted by Gasteiger charge is -2.12. The van der Waals surface area contributed by atoms with Gasteiger partial charge in [0.1, 0.15) is 5.75 Å². The second kappa shape index (κ2) is 5.70. The lowest BCUT2D eigenvalue weighted by atomic mass is 9.98. The summed E-state index contributed by atoms with van der Waals surface area (Å²) in [6.07, 6.45) is 0.778. The Kier molecular flexibility index (Phi) is 4.55. The lowest BCUT2D eigenvalue weighted by molar-refractivity contribution is 0.275. The van der Waals surface area contributed by atoms with Crippen LogP contribution in [0.3, 0.4) is 0 Å². The van der Waals surface area contributed by atoms with Crippen LogP contribution in [0, 0.1) is 5.92 Å². The maximum atomic E-state index is 9.37. The van der Waals surface area contributed by atoms with E-state index in [1.807, 2.05) is 6.07 Å². The van der Waals surface area contributed by atoms with Crippen LogP contribution in [0.4, 0.5) is 0 Å². The number of phenols is 1. The zero-order valence-electron chi connectivity index (χ0n) is 8.69. The van der Waals surface area contributed by atoms with Crippen molar-refractivity contribution < 1.29 is 10.2 Å². The van der Waals surface area contributed by atoms with Crippen LogP contribution in [-0.2, 0) is 13.0 Å². The molecule has 4 heteroatoms. The lowest BCUT2D eigenvalue weighted by Crippen LogP contribution is -2.25. The second-order valence-corrected chi connectivity index (χ2v) is 3.66. The number of aliphatic hydroxyl groups excluding tert-OH is 1. The van der Waals surface area contributed by atoms with Crippen molar-refractivity contribution in [1.82, 2.24) is 0 Å². The van der Waals surface area contributed by atoms with Gasteiger partial charge in [0, 0.05) is 5.56 Å². The molecule has 0 aliphatic rings. The van der Waals surface area contributed by atoms with E-state index in [0.717, 1.165) is 12.0 Å². The van der Waals surface area contributed by atoms with Gasteiger partial charge in [-0.15, -0.1) is 0 Å². The summed E-state index contributed by atoms with van der Waals surface area (Å²) < 4.78 is 0. The minimum Gasteiger partial charge on any atom is -0.508 e. The third-order valence-corrected chi connectivity index (χ3v) is 2.51. The molecule has 84 valence electrons. The van der Waals surface area contributed by atoms with Crippen LogP contribution in [-0.4, -0.2) is 23.3 Å². The maximum absolute atomic E-state index is 9.37. The number of rotatable bonds is 5. The maximum Gasteiger partial charge on any atom is 0.121 e. The molecule has 0 amide bonds. The molecule has 0 fully saturated rings. The van der Waals surface area contributed by atoms with Gasteiger partial charge in [0.25, 0.3) is 0 Å². The highest BCUT2D eigenvalue weighted by Gasteiger charge is 2.07. The first-order valence-corrected chi connectivity index (χ1v) is 5.03. The standard InChI is InChI=1S/C11H18N2O2/c12-5-9(6-13)3-8-1-2-11(15)10(4-8)7-14/h1-2,4,9,14-15H,3,5-7,12-13H2. The molecule has 0 saturated carbocycles. The summed E-state index contributed by atoms with van der Waals surface area (Å²) in [5, 5.41) is 18.4. The zero-order valence-corrected chi connectivity index (χ0v) is 8.69. The largest absolute Gasteiger partial charge is 0.508 e. The van der Waals surface area contributed by atoms with E-state index in [9.17, 15) is 5.11 Å². The molecule has 4 nitrogen and oxygen atoms in total. The van der Waals surface area contributed by atoms with Crippen molar-refractivity contribution in [3.8, 4) is 5.75 Å². The molecule has 1 rings (SSSR count). The molecule has 1 aromatic rings. The topological polar surface area (TPSA) is 92.5 Å². The highest BCUT2D eigenvalue weighted by molar-refractivity contribution is 5.35. The van der Waals surface area contributed by atoms with Gasteiger partial charge in [0.05, 0.1) is 6.61 Å². The molecular weight excluding hydrogens is 192 g/mol. The first-order valence-electron chi connectivity index (χ1n) is 5.03. The zero-order chi connectivity index (χ0) is 11.3. The first-order chi connectivity index (χ1) is 7.21. The quantitative estimate of drug-likeness (QED) is 0.548. The molecule has 0 spiro atoms. The van der Waals surface area contributed by atoms with Gasteiger partial charge in [-0.05, 0) is 43.1 Å². The molecule has 0 aliphatic heterocycles. The number of benzene rings is 1. The summed E-state index contributed by atoms with van der Waals surface area (Å²) >= 11 is 0. The number of hydrogen-bond donors (Lipinski definition) is 4. The fourth-order valence-electron chi connectivity index (χ4n) is 1.49. The Bertz CT molecular complexity index is 311. The minimum absolute atomic E-state index is 0.123. The average molecular weight is 210 g/mol. The third-order valence-electron chi connectivity index (χ3n) is 2.51. The second-order valence-electron chi connectivity index (χ2n) is 3.66. The number of aromatic hydroxyl groups is 1. The summed E-state index contributed by atoms with van der Waals surface area (Å²) in [5.74, 6) is 0.374. The SMILES string of the molecule is NCC(CN)Cc1ccc(O)c(CO)c1. The van der Waals surface area contributed by atoms with Crippen LogP contribution < -0.4 is 11.5 Å². The Morgan fingerprint density at radius 1 is 1.20 bits per heavy atom. The molecule has 0 unspecified atom stereocenters. The Morgan fingerprint density at radius 2 is 1.87 bits per heavy atom. The van der Waals surface area contributed by atoms with Gasteiger partial charge in [-0.25, -0.2) is 0 Å². The van der Waals surface area contributed by atoms with E-state index >= 15 is 0 Å². The van der Waals surface area contributed by atoms with Crippen molar-refractivity contribution in [2.24, 2.45) is 17.4 Å². The molecule has 0 saturated heterocycles. The van der Waals surface area contributed by atoms with Crippen LogP contribution in [0.2, 0.25) is 0 Å². The Labute approximate surface area is 89.5 Å². The predicted molar refractivity (Wildman–Crippen MR) is 59.3 cm³/mol. The Morgan fingerprint density at radius 3 is 2.40 bits per heavy atom. The molecule has 0 aliphatic carbocycles. The van der Waals surface area contributed by atoms with Crippen molar-refractivity contribution in [3.05, 3.63) is 29.3 Å². The average Bonchev–Trinajstić information content (AvgIpc) is 2.28. The van der Waals surface area contributed by atoms with Gasteiger partial charge in [0.2, 0.25) is 0 Å². The van der Waals surface area contributed by atoms with Gasteiger partial charge < -0.3 is 21.7 Å². The fraction of sp³-hybridized carbons (Fsp3) is 0.455. The molecule has 0 heterocycles. The van der Waals surface area contributed by atoms with Crippen molar-refractivity contribution in [2.45, 2.75) is 13.0 Å². The van der Waals surface area contributed by atoms with E-state index in [4.69, 9.17) is 16.6 Å². The van der Waals surface area contributed by atoms with Crippen molar-refractivity contribution in [1.29, 1.82) is 0 Å². The third kappa shape index (κ3) is 3.20.